The molecule has 0 unspecified atom stereocenters. The van der Waals surface area contributed by atoms with Gasteiger partial charge in [0, 0.05) is 30.3 Å². The van der Waals surface area contributed by atoms with Crippen molar-refractivity contribution in [1.82, 2.24) is 19.1 Å². The van der Waals surface area contributed by atoms with Crippen LogP contribution in [0.4, 0.5) is 0 Å². The molecule has 2 heterocycles. The van der Waals surface area contributed by atoms with Crippen LogP contribution in [-0.2, 0) is 25.3 Å². The number of halogens is 1. The van der Waals surface area contributed by atoms with Gasteiger partial charge in [0.15, 0.2) is 5.65 Å². The quantitative estimate of drug-likeness (QED) is 0.495. The second kappa shape index (κ2) is 7.13. The molecule has 0 aliphatic carbocycles. The summed E-state index contributed by atoms with van der Waals surface area (Å²) in [6, 6.07) is 7.55. The summed E-state index contributed by atoms with van der Waals surface area (Å²) in [4.78, 5) is 34.3. The molecule has 0 radical (unpaired) electrons. The minimum atomic E-state index is -0.403. The van der Waals surface area contributed by atoms with Crippen LogP contribution in [0.2, 0.25) is 5.02 Å². The standard InChI is InChI=1S/C19H21ClN4O2S/c1-19(2,3)17-21-14-13(16(25)24(5)18(26)23(14)4)15(22-17)27-10-11-6-8-12(20)9-7-11/h6-9H,10H2,1-5H3. The monoisotopic (exact) mass is 404 g/mol. The van der Waals surface area contributed by atoms with Crippen LogP contribution < -0.4 is 11.2 Å². The van der Waals surface area contributed by atoms with Crippen molar-refractivity contribution in [1.29, 1.82) is 0 Å². The fourth-order valence-electron chi connectivity index (χ4n) is 2.60. The van der Waals surface area contributed by atoms with Crippen LogP contribution in [0.25, 0.3) is 11.0 Å². The number of aryl methyl sites for hydroxylation is 1. The van der Waals surface area contributed by atoms with Crippen LogP contribution in [0.3, 0.4) is 0 Å². The minimum absolute atomic E-state index is 0.319. The summed E-state index contributed by atoms with van der Waals surface area (Å²) < 4.78 is 2.49. The molecule has 0 N–H and O–H groups in total. The first-order valence-electron chi connectivity index (χ1n) is 8.45. The van der Waals surface area contributed by atoms with Crippen LogP contribution in [0, 0.1) is 0 Å². The van der Waals surface area contributed by atoms with Crippen molar-refractivity contribution in [2.24, 2.45) is 14.1 Å². The summed E-state index contributed by atoms with van der Waals surface area (Å²) in [5, 5.41) is 1.62. The number of rotatable bonds is 3. The highest BCUT2D eigenvalue weighted by Gasteiger charge is 2.23. The van der Waals surface area contributed by atoms with Gasteiger partial charge >= 0.3 is 5.69 Å². The number of fused-ring (bicyclic) bond motifs is 1. The molecule has 0 saturated heterocycles. The van der Waals surface area contributed by atoms with Crippen molar-refractivity contribution in [2.45, 2.75) is 37.0 Å². The lowest BCUT2D eigenvalue weighted by Gasteiger charge is -2.19. The van der Waals surface area contributed by atoms with Gasteiger partial charge in [0.25, 0.3) is 5.56 Å². The third-order valence-corrected chi connectivity index (χ3v) is 5.52. The molecule has 6 nitrogen and oxygen atoms in total. The molecular formula is C19H21ClN4O2S. The lowest BCUT2D eigenvalue weighted by atomic mass is 9.96. The Morgan fingerprint density at radius 1 is 1.04 bits per heavy atom. The number of benzene rings is 1. The second-order valence-electron chi connectivity index (χ2n) is 7.42. The largest absolute Gasteiger partial charge is 0.332 e. The van der Waals surface area contributed by atoms with E-state index >= 15 is 0 Å². The second-order valence-corrected chi connectivity index (χ2v) is 8.82. The first-order valence-corrected chi connectivity index (χ1v) is 9.81. The summed E-state index contributed by atoms with van der Waals surface area (Å²) in [5.74, 6) is 1.22. The van der Waals surface area contributed by atoms with Gasteiger partial charge in [-0.3, -0.25) is 13.9 Å². The fraction of sp³-hybridized carbons (Fsp3) is 0.368. The van der Waals surface area contributed by atoms with Crippen molar-refractivity contribution in [3.8, 4) is 0 Å². The molecule has 0 aliphatic heterocycles. The van der Waals surface area contributed by atoms with Gasteiger partial charge in [-0.15, -0.1) is 11.8 Å². The van der Waals surface area contributed by atoms with Gasteiger partial charge in [-0.1, -0.05) is 44.5 Å². The van der Waals surface area contributed by atoms with Crippen molar-refractivity contribution in [3.63, 3.8) is 0 Å². The number of nitrogens with zero attached hydrogens (tertiary/aromatic N) is 4. The molecule has 0 fully saturated rings. The predicted octanol–water partition coefficient (Wildman–Crippen LogP) is 3.27. The van der Waals surface area contributed by atoms with Crippen molar-refractivity contribution in [2.75, 3.05) is 0 Å². The number of hydrogen-bond donors (Lipinski definition) is 0. The Morgan fingerprint density at radius 2 is 1.67 bits per heavy atom. The third-order valence-electron chi connectivity index (χ3n) is 4.23. The first-order chi connectivity index (χ1) is 12.6. The Labute approximate surface area is 166 Å². The lowest BCUT2D eigenvalue weighted by Crippen LogP contribution is -2.38. The average Bonchev–Trinajstić information content (AvgIpc) is 2.62. The SMILES string of the molecule is Cn1c(=O)c2c(SCc3ccc(Cl)cc3)nc(C(C)(C)C)nc2n(C)c1=O. The molecule has 27 heavy (non-hydrogen) atoms. The Balaban J connectivity index is 2.21. The Morgan fingerprint density at radius 3 is 2.26 bits per heavy atom. The molecule has 3 aromatic rings. The first kappa shape index (κ1) is 19.6. The zero-order valence-corrected chi connectivity index (χ0v) is 17.5. The Hall–Kier alpha value is -2.12. The van der Waals surface area contributed by atoms with Gasteiger partial charge in [0.05, 0.1) is 0 Å². The predicted molar refractivity (Wildman–Crippen MR) is 110 cm³/mol. The van der Waals surface area contributed by atoms with Crippen molar-refractivity contribution >= 4 is 34.4 Å². The molecule has 3 rings (SSSR count). The molecule has 0 atom stereocenters. The minimum Gasteiger partial charge on any atom is -0.280 e. The van der Waals surface area contributed by atoms with E-state index < -0.39 is 5.69 Å². The molecule has 0 bridgehead atoms. The van der Waals surface area contributed by atoms with Crippen LogP contribution in [0.15, 0.2) is 38.9 Å². The maximum Gasteiger partial charge on any atom is 0.332 e. The normalized spacial score (nSPS) is 11.9. The van der Waals surface area contributed by atoms with Crippen LogP contribution >= 0.6 is 23.4 Å². The lowest BCUT2D eigenvalue weighted by molar-refractivity contribution is 0.539. The van der Waals surface area contributed by atoms with E-state index in [-0.39, 0.29) is 11.0 Å². The molecule has 1 aromatic carbocycles. The van der Waals surface area contributed by atoms with Crippen LogP contribution in [0.5, 0.6) is 0 Å². The van der Waals surface area contributed by atoms with Crippen LogP contribution in [0.1, 0.15) is 32.2 Å². The van der Waals surface area contributed by atoms with Crippen molar-refractivity contribution in [3.05, 3.63) is 61.5 Å². The van der Waals surface area contributed by atoms with Gasteiger partial charge in [-0.2, -0.15) is 0 Å². The summed E-state index contributed by atoms with van der Waals surface area (Å²) in [6.07, 6.45) is 0. The molecule has 0 saturated carbocycles. The zero-order chi connectivity index (χ0) is 19.9. The molecular weight excluding hydrogens is 384 g/mol. The molecule has 0 amide bonds. The Bertz CT molecular complexity index is 1130. The van der Waals surface area contributed by atoms with Gasteiger partial charge in [-0.25, -0.2) is 14.8 Å². The van der Waals surface area contributed by atoms with E-state index in [9.17, 15) is 9.59 Å². The smallest absolute Gasteiger partial charge is 0.280 e. The molecule has 142 valence electrons. The van der Waals surface area contributed by atoms with E-state index in [1.807, 2.05) is 45.0 Å². The van der Waals surface area contributed by atoms with E-state index in [1.54, 1.807) is 7.05 Å². The maximum atomic E-state index is 12.8. The third kappa shape index (κ3) is 3.80. The highest BCUT2D eigenvalue weighted by atomic mass is 35.5. The van der Waals surface area contributed by atoms with E-state index in [1.165, 1.54) is 23.4 Å². The highest BCUT2D eigenvalue weighted by molar-refractivity contribution is 7.98. The fourth-order valence-corrected chi connectivity index (χ4v) is 3.70. The topological polar surface area (TPSA) is 69.8 Å². The van der Waals surface area contributed by atoms with E-state index in [0.29, 0.717) is 32.7 Å². The summed E-state index contributed by atoms with van der Waals surface area (Å²) in [5.41, 5.74) is 0.324. The average molecular weight is 405 g/mol. The molecule has 0 aliphatic rings. The number of hydrogen-bond acceptors (Lipinski definition) is 5. The van der Waals surface area contributed by atoms with Crippen molar-refractivity contribution < 1.29 is 0 Å². The van der Waals surface area contributed by atoms with E-state index in [4.69, 9.17) is 11.6 Å². The maximum absolute atomic E-state index is 12.8. The summed E-state index contributed by atoms with van der Waals surface area (Å²) in [7, 11) is 3.09. The molecule has 8 heteroatoms. The van der Waals surface area contributed by atoms with Crippen LogP contribution in [-0.4, -0.2) is 19.1 Å². The van der Waals surface area contributed by atoms with Gasteiger partial charge in [-0.05, 0) is 17.7 Å². The molecule has 2 aromatic heterocycles. The van der Waals surface area contributed by atoms with Gasteiger partial charge < -0.3 is 0 Å². The Kier molecular flexibility index (Phi) is 5.18. The summed E-state index contributed by atoms with van der Waals surface area (Å²) >= 11 is 7.40. The number of thioether (sulfide) groups is 1. The highest BCUT2D eigenvalue weighted by Crippen LogP contribution is 2.29. The van der Waals surface area contributed by atoms with Gasteiger partial charge in [0.1, 0.15) is 16.2 Å². The van der Waals surface area contributed by atoms with E-state index in [0.717, 1.165) is 10.1 Å². The summed E-state index contributed by atoms with van der Waals surface area (Å²) in [6.45, 7) is 6.00. The van der Waals surface area contributed by atoms with Gasteiger partial charge in [0.2, 0.25) is 0 Å². The number of aromatic nitrogens is 4. The molecule has 0 spiro atoms. The van der Waals surface area contributed by atoms with E-state index in [2.05, 4.69) is 9.97 Å². The zero-order valence-electron chi connectivity index (χ0n) is 15.9.